The summed E-state index contributed by atoms with van der Waals surface area (Å²) in [5.74, 6) is 0.541. The Morgan fingerprint density at radius 3 is 2.53 bits per heavy atom. The zero-order valence-electron chi connectivity index (χ0n) is 11.3. The second kappa shape index (κ2) is 5.69. The zero-order chi connectivity index (χ0) is 13.9. The lowest BCUT2D eigenvalue weighted by atomic mass is 9.93. The van der Waals surface area contributed by atoms with E-state index in [-0.39, 0.29) is 5.41 Å². The number of nitrogens with zero attached hydrogens (tertiary/aromatic N) is 4. The lowest BCUT2D eigenvalue weighted by molar-refractivity contribution is 0.279. The fraction of sp³-hybridized carbons (Fsp3) is 0.462. The average Bonchev–Trinajstić information content (AvgIpc) is 2.75. The maximum absolute atomic E-state index is 5.54. The molecular formula is C13H17BrN4O. The van der Waals surface area contributed by atoms with Crippen molar-refractivity contribution in [3.8, 4) is 5.88 Å². The number of ether oxygens (including phenoxy) is 1. The van der Waals surface area contributed by atoms with Crippen molar-refractivity contribution in [2.24, 2.45) is 0 Å². The topological polar surface area (TPSA) is 52.8 Å². The number of halogens is 1. The standard InChI is InChI=1S/C13H17BrN4O/c1-13(2,3)11-7-16-12(8-15-11)19-5-4-18-9-10(14)6-17-18/h6-9H,4-5H2,1-3H3. The summed E-state index contributed by atoms with van der Waals surface area (Å²) < 4.78 is 8.30. The molecule has 2 rings (SSSR count). The smallest absolute Gasteiger partial charge is 0.232 e. The van der Waals surface area contributed by atoms with Crippen LogP contribution in [-0.2, 0) is 12.0 Å². The highest BCUT2D eigenvalue weighted by atomic mass is 79.9. The number of aromatic nitrogens is 4. The SMILES string of the molecule is CC(C)(C)c1cnc(OCCn2cc(Br)cn2)cn1. The van der Waals surface area contributed by atoms with Crippen LogP contribution in [0.2, 0.25) is 0 Å². The molecule has 2 heterocycles. The van der Waals surface area contributed by atoms with Gasteiger partial charge in [-0.1, -0.05) is 20.8 Å². The molecular weight excluding hydrogens is 308 g/mol. The summed E-state index contributed by atoms with van der Waals surface area (Å²) in [6.07, 6.45) is 7.08. The lowest BCUT2D eigenvalue weighted by Gasteiger charge is -2.16. The van der Waals surface area contributed by atoms with Gasteiger partial charge < -0.3 is 4.74 Å². The zero-order valence-corrected chi connectivity index (χ0v) is 12.9. The average molecular weight is 325 g/mol. The molecule has 0 spiro atoms. The van der Waals surface area contributed by atoms with Crippen molar-refractivity contribution in [3.63, 3.8) is 0 Å². The molecule has 0 aliphatic carbocycles. The van der Waals surface area contributed by atoms with Crippen LogP contribution in [0.1, 0.15) is 26.5 Å². The van der Waals surface area contributed by atoms with Crippen LogP contribution < -0.4 is 4.74 Å². The molecule has 0 aromatic carbocycles. The van der Waals surface area contributed by atoms with Gasteiger partial charge in [-0.15, -0.1) is 0 Å². The van der Waals surface area contributed by atoms with Crippen LogP contribution >= 0.6 is 15.9 Å². The Kier molecular flexibility index (Phi) is 4.19. The Morgan fingerprint density at radius 2 is 2.00 bits per heavy atom. The quantitative estimate of drug-likeness (QED) is 0.867. The maximum Gasteiger partial charge on any atom is 0.232 e. The van der Waals surface area contributed by atoms with Crippen LogP contribution in [0, 0.1) is 0 Å². The Hall–Kier alpha value is -1.43. The largest absolute Gasteiger partial charge is 0.475 e. The molecule has 0 aliphatic heterocycles. The Morgan fingerprint density at radius 1 is 1.21 bits per heavy atom. The number of hydrogen-bond acceptors (Lipinski definition) is 4. The van der Waals surface area contributed by atoms with E-state index >= 15 is 0 Å². The van der Waals surface area contributed by atoms with E-state index in [1.807, 2.05) is 6.20 Å². The molecule has 0 N–H and O–H groups in total. The third kappa shape index (κ3) is 4.02. The number of rotatable bonds is 4. The van der Waals surface area contributed by atoms with Gasteiger partial charge in [-0.05, 0) is 15.9 Å². The number of hydrogen-bond donors (Lipinski definition) is 0. The van der Waals surface area contributed by atoms with Gasteiger partial charge in [0.2, 0.25) is 5.88 Å². The summed E-state index contributed by atoms with van der Waals surface area (Å²) in [6, 6.07) is 0. The minimum atomic E-state index is 0.00681. The molecule has 0 atom stereocenters. The van der Waals surface area contributed by atoms with Crippen molar-refractivity contribution in [1.82, 2.24) is 19.7 Å². The first kappa shape index (κ1) is 14.0. The highest BCUT2D eigenvalue weighted by Crippen LogP contribution is 2.19. The van der Waals surface area contributed by atoms with Crippen LogP contribution in [0.25, 0.3) is 0 Å². The molecule has 0 amide bonds. The van der Waals surface area contributed by atoms with Crippen LogP contribution in [0.5, 0.6) is 5.88 Å². The van der Waals surface area contributed by atoms with Gasteiger partial charge in [-0.25, -0.2) is 4.98 Å². The van der Waals surface area contributed by atoms with Gasteiger partial charge in [-0.3, -0.25) is 9.67 Å². The van der Waals surface area contributed by atoms with Gasteiger partial charge >= 0.3 is 0 Å². The minimum Gasteiger partial charge on any atom is -0.475 e. The van der Waals surface area contributed by atoms with Crippen molar-refractivity contribution in [2.75, 3.05) is 6.61 Å². The molecule has 0 bridgehead atoms. The summed E-state index contributed by atoms with van der Waals surface area (Å²) >= 11 is 3.35. The molecule has 19 heavy (non-hydrogen) atoms. The predicted octanol–water partition coefficient (Wildman–Crippen LogP) is 2.81. The first-order valence-electron chi connectivity index (χ1n) is 6.08. The predicted molar refractivity (Wildman–Crippen MR) is 76.2 cm³/mol. The molecule has 0 saturated carbocycles. The summed E-state index contributed by atoms with van der Waals surface area (Å²) in [5.41, 5.74) is 0.961. The lowest BCUT2D eigenvalue weighted by Crippen LogP contribution is -2.14. The summed E-state index contributed by atoms with van der Waals surface area (Å²) in [7, 11) is 0. The van der Waals surface area contributed by atoms with Crippen molar-refractivity contribution in [3.05, 3.63) is 35.0 Å². The van der Waals surface area contributed by atoms with Gasteiger partial charge in [0.05, 0.1) is 35.3 Å². The molecule has 0 unspecified atom stereocenters. The van der Waals surface area contributed by atoms with Gasteiger partial charge in [0.15, 0.2) is 0 Å². The van der Waals surface area contributed by atoms with Crippen molar-refractivity contribution < 1.29 is 4.74 Å². The molecule has 6 heteroatoms. The Labute approximate surface area is 121 Å². The summed E-state index contributed by atoms with van der Waals surface area (Å²) in [6.45, 7) is 7.50. The van der Waals surface area contributed by atoms with E-state index in [0.717, 1.165) is 10.2 Å². The van der Waals surface area contributed by atoms with Crippen molar-refractivity contribution in [1.29, 1.82) is 0 Å². The normalized spacial score (nSPS) is 11.6. The Balaban J connectivity index is 1.86. The molecule has 2 aromatic heterocycles. The fourth-order valence-corrected chi connectivity index (χ4v) is 1.81. The van der Waals surface area contributed by atoms with Gasteiger partial charge in [0.1, 0.15) is 6.61 Å². The van der Waals surface area contributed by atoms with Gasteiger partial charge in [0, 0.05) is 11.6 Å². The second-order valence-corrected chi connectivity index (χ2v) is 6.18. The van der Waals surface area contributed by atoms with E-state index in [0.29, 0.717) is 19.0 Å². The van der Waals surface area contributed by atoms with Gasteiger partial charge in [0.25, 0.3) is 0 Å². The molecule has 0 saturated heterocycles. The molecule has 0 radical (unpaired) electrons. The highest BCUT2D eigenvalue weighted by Gasteiger charge is 2.15. The highest BCUT2D eigenvalue weighted by molar-refractivity contribution is 9.10. The van der Waals surface area contributed by atoms with Crippen LogP contribution in [-0.4, -0.2) is 26.4 Å². The van der Waals surface area contributed by atoms with E-state index in [1.54, 1.807) is 23.3 Å². The van der Waals surface area contributed by atoms with Crippen molar-refractivity contribution in [2.45, 2.75) is 32.7 Å². The summed E-state index contributed by atoms with van der Waals surface area (Å²) in [4.78, 5) is 8.62. The second-order valence-electron chi connectivity index (χ2n) is 5.26. The first-order valence-corrected chi connectivity index (χ1v) is 6.88. The molecule has 0 fully saturated rings. The third-order valence-corrected chi connectivity index (χ3v) is 2.98. The van der Waals surface area contributed by atoms with Crippen LogP contribution in [0.15, 0.2) is 29.3 Å². The van der Waals surface area contributed by atoms with Gasteiger partial charge in [-0.2, -0.15) is 5.10 Å². The maximum atomic E-state index is 5.54. The fourth-order valence-electron chi connectivity index (χ4n) is 1.48. The van der Waals surface area contributed by atoms with E-state index in [4.69, 9.17) is 4.74 Å². The van der Waals surface area contributed by atoms with E-state index in [2.05, 4.69) is 51.8 Å². The molecule has 2 aromatic rings. The molecule has 5 nitrogen and oxygen atoms in total. The summed E-state index contributed by atoms with van der Waals surface area (Å²) in [5, 5.41) is 4.15. The van der Waals surface area contributed by atoms with Crippen LogP contribution in [0.4, 0.5) is 0 Å². The van der Waals surface area contributed by atoms with Crippen LogP contribution in [0.3, 0.4) is 0 Å². The third-order valence-electron chi connectivity index (χ3n) is 2.57. The molecule has 102 valence electrons. The van der Waals surface area contributed by atoms with Crippen molar-refractivity contribution >= 4 is 15.9 Å². The minimum absolute atomic E-state index is 0.00681. The van der Waals surface area contributed by atoms with E-state index in [1.165, 1.54) is 0 Å². The molecule has 0 aliphatic rings. The Bertz CT molecular complexity index is 530. The van der Waals surface area contributed by atoms with E-state index in [9.17, 15) is 0 Å². The van der Waals surface area contributed by atoms with E-state index < -0.39 is 0 Å². The first-order chi connectivity index (χ1) is 8.95. The monoisotopic (exact) mass is 324 g/mol.